The van der Waals surface area contributed by atoms with Crippen LogP contribution in [0.5, 0.6) is 0 Å². The fourth-order valence-electron chi connectivity index (χ4n) is 1.99. The van der Waals surface area contributed by atoms with E-state index in [1.54, 1.807) is 30.5 Å². The highest BCUT2D eigenvalue weighted by Crippen LogP contribution is 2.13. The van der Waals surface area contributed by atoms with E-state index in [2.05, 4.69) is 28.6 Å². The van der Waals surface area contributed by atoms with E-state index >= 15 is 0 Å². The highest BCUT2D eigenvalue weighted by Gasteiger charge is 2.04. The number of nitrogens with one attached hydrogen (secondary N) is 2. The van der Waals surface area contributed by atoms with Crippen LogP contribution in [0.3, 0.4) is 0 Å². The molecule has 1 amide bonds. The molecular weight excluding hydrogens is 286 g/mol. The molecule has 0 fully saturated rings. The molecule has 2 rings (SSSR count). The fraction of sp³-hybridized carbons (Fsp3) is 0.250. The van der Waals surface area contributed by atoms with E-state index in [1.807, 2.05) is 6.07 Å². The summed E-state index contributed by atoms with van der Waals surface area (Å²) in [7, 11) is 0. The Morgan fingerprint density at radius 3 is 2.71 bits per heavy atom. The van der Waals surface area contributed by atoms with Gasteiger partial charge in [-0.05, 0) is 42.3 Å². The van der Waals surface area contributed by atoms with Gasteiger partial charge in [-0.25, -0.2) is 0 Å². The monoisotopic (exact) mass is 303 g/mol. The van der Waals surface area contributed by atoms with Crippen LogP contribution in [-0.4, -0.2) is 17.4 Å². The molecule has 0 saturated heterocycles. The third-order valence-electron chi connectivity index (χ3n) is 3.07. The quantitative estimate of drug-likeness (QED) is 0.862. The van der Waals surface area contributed by atoms with Crippen molar-refractivity contribution in [3.05, 3.63) is 58.9 Å². The first-order valence-electron chi connectivity index (χ1n) is 6.88. The SMILES string of the molecule is CCc1cccnc1CNCC(=O)Nc1ccc(Cl)cc1. The fourth-order valence-corrected chi connectivity index (χ4v) is 2.11. The molecule has 0 aliphatic rings. The number of halogens is 1. The molecule has 0 saturated carbocycles. The molecule has 0 aliphatic heterocycles. The molecule has 21 heavy (non-hydrogen) atoms. The number of hydrogen-bond donors (Lipinski definition) is 2. The second-order valence-corrected chi connectivity index (χ2v) is 5.06. The normalized spacial score (nSPS) is 10.4. The Labute approximate surface area is 129 Å². The molecule has 0 spiro atoms. The van der Waals surface area contributed by atoms with Crippen LogP contribution < -0.4 is 10.6 Å². The van der Waals surface area contributed by atoms with Crippen molar-refractivity contribution < 1.29 is 4.79 Å². The number of rotatable bonds is 6. The second kappa shape index (κ2) is 7.76. The molecule has 0 aliphatic carbocycles. The molecule has 1 aromatic heterocycles. The van der Waals surface area contributed by atoms with Crippen LogP contribution in [0.4, 0.5) is 5.69 Å². The van der Waals surface area contributed by atoms with E-state index < -0.39 is 0 Å². The predicted molar refractivity (Wildman–Crippen MR) is 85.4 cm³/mol. The van der Waals surface area contributed by atoms with Gasteiger partial charge in [0.1, 0.15) is 0 Å². The molecule has 0 bridgehead atoms. The zero-order chi connectivity index (χ0) is 15.1. The van der Waals surface area contributed by atoms with Crippen LogP contribution in [0, 0.1) is 0 Å². The van der Waals surface area contributed by atoms with Crippen LogP contribution in [-0.2, 0) is 17.8 Å². The van der Waals surface area contributed by atoms with E-state index in [0.717, 1.165) is 17.8 Å². The Morgan fingerprint density at radius 1 is 1.24 bits per heavy atom. The van der Waals surface area contributed by atoms with Crippen molar-refractivity contribution in [2.24, 2.45) is 0 Å². The standard InChI is InChI=1S/C16H18ClN3O/c1-2-12-4-3-9-19-15(12)10-18-11-16(21)20-14-7-5-13(17)6-8-14/h3-9,18H,2,10-11H2,1H3,(H,20,21). The Balaban J connectivity index is 1.80. The van der Waals surface area contributed by atoms with Crippen molar-refractivity contribution in [1.82, 2.24) is 10.3 Å². The molecule has 1 heterocycles. The summed E-state index contributed by atoms with van der Waals surface area (Å²) in [5.41, 5.74) is 2.92. The van der Waals surface area contributed by atoms with Crippen molar-refractivity contribution in [1.29, 1.82) is 0 Å². The van der Waals surface area contributed by atoms with Crippen molar-refractivity contribution in [3.63, 3.8) is 0 Å². The first-order valence-corrected chi connectivity index (χ1v) is 7.25. The maximum Gasteiger partial charge on any atom is 0.238 e. The highest BCUT2D eigenvalue weighted by molar-refractivity contribution is 6.30. The number of aryl methyl sites for hydroxylation is 1. The number of carbonyl (C=O) groups is 1. The van der Waals surface area contributed by atoms with Crippen LogP contribution in [0.1, 0.15) is 18.2 Å². The number of amides is 1. The topological polar surface area (TPSA) is 54.0 Å². The van der Waals surface area contributed by atoms with E-state index in [-0.39, 0.29) is 12.5 Å². The third-order valence-corrected chi connectivity index (χ3v) is 3.32. The summed E-state index contributed by atoms with van der Waals surface area (Å²) in [4.78, 5) is 16.1. The van der Waals surface area contributed by atoms with Crippen molar-refractivity contribution in [2.45, 2.75) is 19.9 Å². The molecule has 0 atom stereocenters. The summed E-state index contributed by atoms with van der Waals surface area (Å²) >= 11 is 5.80. The first kappa shape index (κ1) is 15.5. The molecule has 1 aromatic carbocycles. The van der Waals surface area contributed by atoms with E-state index in [1.165, 1.54) is 5.56 Å². The van der Waals surface area contributed by atoms with Crippen molar-refractivity contribution in [3.8, 4) is 0 Å². The van der Waals surface area contributed by atoms with Crippen LogP contribution in [0.25, 0.3) is 0 Å². The minimum atomic E-state index is -0.0914. The van der Waals surface area contributed by atoms with Gasteiger partial charge in [0.2, 0.25) is 5.91 Å². The van der Waals surface area contributed by atoms with E-state index in [9.17, 15) is 4.79 Å². The molecule has 110 valence electrons. The largest absolute Gasteiger partial charge is 0.325 e. The van der Waals surface area contributed by atoms with Gasteiger partial charge in [0.15, 0.2) is 0 Å². The molecule has 2 N–H and O–H groups in total. The summed E-state index contributed by atoms with van der Waals surface area (Å²) in [6.45, 7) is 2.91. The molecule has 0 radical (unpaired) electrons. The first-order chi connectivity index (χ1) is 10.2. The van der Waals surface area contributed by atoms with Gasteiger partial charge in [0.05, 0.1) is 12.2 Å². The zero-order valence-corrected chi connectivity index (χ0v) is 12.7. The zero-order valence-electron chi connectivity index (χ0n) is 11.9. The van der Waals surface area contributed by atoms with Gasteiger partial charge >= 0.3 is 0 Å². The number of anilines is 1. The highest BCUT2D eigenvalue weighted by atomic mass is 35.5. The lowest BCUT2D eigenvalue weighted by molar-refractivity contribution is -0.115. The number of aromatic nitrogens is 1. The number of benzene rings is 1. The summed E-state index contributed by atoms with van der Waals surface area (Å²) < 4.78 is 0. The second-order valence-electron chi connectivity index (χ2n) is 4.62. The van der Waals surface area contributed by atoms with Gasteiger partial charge in [0.25, 0.3) is 0 Å². The van der Waals surface area contributed by atoms with Crippen LogP contribution in [0.2, 0.25) is 5.02 Å². The number of carbonyl (C=O) groups excluding carboxylic acids is 1. The Bertz CT molecular complexity index is 599. The maximum absolute atomic E-state index is 11.8. The summed E-state index contributed by atoms with van der Waals surface area (Å²) in [6, 6.07) is 11.0. The van der Waals surface area contributed by atoms with Crippen LogP contribution >= 0.6 is 11.6 Å². The van der Waals surface area contributed by atoms with Crippen LogP contribution in [0.15, 0.2) is 42.6 Å². The molecule has 5 heteroatoms. The minimum absolute atomic E-state index is 0.0914. The lowest BCUT2D eigenvalue weighted by atomic mass is 10.1. The molecule has 2 aromatic rings. The molecular formula is C16H18ClN3O. The van der Waals surface area contributed by atoms with Gasteiger partial charge in [-0.15, -0.1) is 0 Å². The van der Waals surface area contributed by atoms with Gasteiger partial charge in [0, 0.05) is 23.5 Å². The van der Waals surface area contributed by atoms with Gasteiger partial charge in [-0.2, -0.15) is 0 Å². The smallest absolute Gasteiger partial charge is 0.238 e. The molecule has 0 unspecified atom stereocenters. The average molecular weight is 304 g/mol. The minimum Gasteiger partial charge on any atom is -0.325 e. The number of nitrogens with zero attached hydrogens (tertiary/aromatic N) is 1. The Hall–Kier alpha value is -1.91. The maximum atomic E-state index is 11.8. The van der Waals surface area contributed by atoms with Crippen molar-refractivity contribution in [2.75, 3.05) is 11.9 Å². The average Bonchev–Trinajstić information content (AvgIpc) is 2.50. The van der Waals surface area contributed by atoms with Gasteiger partial charge in [-0.3, -0.25) is 9.78 Å². The number of pyridine rings is 1. The van der Waals surface area contributed by atoms with Crippen molar-refractivity contribution >= 4 is 23.2 Å². The summed E-state index contributed by atoms with van der Waals surface area (Å²) in [6.07, 6.45) is 2.70. The number of hydrogen-bond acceptors (Lipinski definition) is 3. The molecule has 4 nitrogen and oxygen atoms in total. The van der Waals surface area contributed by atoms with Gasteiger partial charge in [-0.1, -0.05) is 24.6 Å². The Morgan fingerprint density at radius 2 is 2.00 bits per heavy atom. The van der Waals surface area contributed by atoms with E-state index in [0.29, 0.717) is 11.6 Å². The third kappa shape index (κ3) is 4.85. The van der Waals surface area contributed by atoms with Gasteiger partial charge < -0.3 is 10.6 Å². The Kier molecular flexibility index (Phi) is 5.72. The lowest BCUT2D eigenvalue weighted by Crippen LogP contribution is -2.28. The van der Waals surface area contributed by atoms with E-state index in [4.69, 9.17) is 11.6 Å². The predicted octanol–water partition coefficient (Wildman–Crippen LogP) is 3.03. The lowest BCUT2D eigenvalue weighted by Gasteiger charge is -2.09. The summed E-state index contributed by atoms with van der Waals surface area (Å²) in [5.74, 6) is -0.0914. The summed E-state index contributed by atoms with van der Waals surface area (Å²) in [5, 5.41) is 6.56.